The Hall–Kier alpha value is -0.480. The van der Waals surface area contributed by atoms with Gasteiger partial charge < -0.3 is 0 Å². The second-order valence-electron chi connectivity index (χ2n) is 2.61. The SMILES string of the molecule is CCc1c(C(F)(F)F)cc(Cl)nc1Cl. The van der Waals surface area contributed by atoms with Crippen molar-refractivity contribution in [3.05, 3.63) is 27.5 Å². The van der Waals surface area contributed by atoms with E-state index in [0.717, 1.165) is 6.07 Å². The number of aromatic nitrogens is 1. The zero-order valence-corrected chi connectivity index (χ0v) is 8.63. The summed E-state index contributed by atoms with van der Waals surface area (Å²) >= 11 is 10.9. The first-order valence-electron chi connectivity index (χ1n) is 3.78. The predicted molar refractivity (Wildman–Crippen MR) is 48.6 cm³/mol. The highest BCUT2D eigenvalue weighted by Gasteiger charge is 2.34. The summed E-state index contributed by atoms with van der Waals surface area (Å²) in [7, 11) is 0. The van der Waals surface area contributed by atoms with Crippen molar-refractivity contribution in [2.24, 2.45) is 0 Å². The fourth-order valence-corrected chi connectivity index (χ4v) is 1.66. The standard InChI is InChI=1S/C8H6Cl2F3N/c1-2-4-5(8(11,12)13)3-6(9)14-7(4)10/h3H,2H2,1H3. The lowest BCUT2D eigenvalue weighted by Gasteiger charge is -2.12. The molecule has 0 fully saturated rings. The van der Waals surface area contributed by atoms with Crippen LogP contribution in [0.4, 0.5) is 13.2 Å². The zero-order valence-electron chi connectivity index (χ0n) is 7.12. The molecule has 1 aromatic rings. The van der Waals surface area contributed by atoms with E-state index in [1.807, 2.05) is 0 Å². The number of hydrogen-bond donors (Lipinski definition) is 0. The molecular formula is C8H6Cl2F3N. The monoisotopic (exact) mass is 243 g/mol. The van der Waals surface area contributed by atoms with Crippen molar-refractivity contribution in [1.82, 2.24) is 4.98 Å². The van der Waals surface area contributed by atoms with E-state index in [1.165, 1.54) is 0 Å². The van der Waals surface area contributed by atoms with Crippen LogP contribution in [-0.4, -0.2) is 4.98 Å². The fourth-order valence-electron chi connectivity index (χ4n) is 1.10. The van der Waals surface area contributed by atoms with Crippen LogP contribution in [0.2, 0.25) is 10.3 Å². The molecule has 78 valence electrons. The number of hydrogen-bond acceptors (Lipinski definition) is 1. The molecule has 1 heterocycles. The summed E-state index contributed by atoms with van der Waals surface area (Å²) in [5, 5.41) is -0.438. The van der Waals surface area contributed by atoms with E-state index < -0.39 is 11.7 Å². The van der Waals surface area contributed by atoms with Crippen LogP contribution in [0.3, 0.4) is 0 Å². The van der Waals surface area contributed by atoms with Gasteiger partial charge in [0.05, 0.1) is 5.56 Å². The smallest absolute Gasteiger partial charge is 0.224 e. The molecule has 0 saturated carbocycles. The van der Waals surface area contributed by atoms with Gasteiger partial charge in [0.15, 0.2) is 0 Å². The van der Waals surface area contributed by atoms with Crippen molar-refractivity contribution in [3.8, 4) is 0 Å². The Morgan fingerprint density at radius 3 is 2.36 bits per heavy atom. The van der Waals surface area contributed by atoms with E-state index >= 15 is 0 Å². The minimum absolute atomic E-state index is 0.0245. The van der Waals surface area contributed by atoms with Gasteiger partial charge in [0.2, 0.25) is 0 Å². The largest absolute Gasteiger partial charge is 0.416 e. The Bertz CT molecular complexity index is 349. The summed E-state index contributed by atoms with van der Waals surface area (Å²) in [6.07, 6.45) is -4.28. The third kappa shape index (κ3) is 2.30. The molecule has 1 rings (SSSR count). The van der Waals surface area contributed by atoms with E-state index in [2.05, 4.69) is 4.98 Å². The molecule has 0 aliphatic rings. The molecule has 0 saturated heterocycles. The minimum Gasteiger partial charge on any atom is -0.224 e. The third-order valence-electron chi connectivity index (χ3n) is 1.70. The van der Waals surface area contributed by atoms with Crippen molar-refractivity contribution in [2.45, 2.75) is 19.5 Å². The molecular weight excluding hydrogens is 238 g/mol. The highest BCUT2D eigenvalue weighted by atomic mass is 35.5. The maximum atomic E-state index is 12.5. The molecule has 6 heteroatoms. The van der Waals surface area contributed by atoms with Crippen LogP contribution in [0.1, 0.15) is 18.1 Å². The first kappa shape index (κ1) is 11.6. The summed E-state index contributed by atoms with van der Waals surface area (Å²) in [6, 6.07) is 0.784. The predicted octanol–water partition coefficient (Wildman–Crippen LogP) is 3.97. The van der Waals surface area contributed by atoms with Gasteiger partial charge in [0.25, 0.3) is 0 Å². The fraction of sp³-hybridized carbons (Fsp3) is 0.375. The van der Waals surface area contributed by atoms with Gasteiger partial charge in [-0.15, -0.1) is 0 Å². The third-order valence-corrected chi connectivity index (χ3v) is 2.21. The lowest BCUT2D eigenvalue weighted by atomic mass is 10.1. The Labute approximate surface area is 88.8 Å². The lowest BCUT2D eigenvalue weighted by Crippen LogP contribution is -2.10. The number of alkyl halides is 3. The van der Waals surface area contributed by atoms with E-state index in [4.69, 9.17) is 23.2 Å². The summed E-state index contributed by atoms with van der Waals surface area (Å²) in [4.78, 5) is 3.55. The van der Waals surface area contributed by atoms with Gasteiger partial charge in [-0.1, -0.05) is 30.1 Å². The average Bonchev–Trinajstić information content (AvgIpc) is 2.01. The van der Waals surface area contributed by atoms with Gasteiger partial charge in [0, 0.05) is 5.56 Å². The molecule has 0 bridgehead atoms. The van der Waals surface area contributed by atoms with Gasteiger partial charge in [-0.2, -0.15) is 13.2 Å². The normalized spacial score (nSPS) is 11.9. The molecule has 1 aromatic heterocycles. The molecule has 0 radical (unpaired) electrons. The zero-order chi connectivity index (χ0) is 10.9. The number of nitrogens with zero attached hydrogens (tertiary/aromatic N) is 1. The summed E-state index contributed by atoms with van der Waals surface area (Å²) in [5.41, 5.74) is -0.839. The highest BCUT2D eigenvalue weighted by Crippen LogP contribution is 2.35. The van der Waals surface area contributed by atoms with Crippen LogP contribution in [0, 0.1) is 0 Å². The second kappa shape index (κ2) is 3.95. The van der Waals surface area contributed by atoms with Crippen LogP contribution in [-0.2, 0) is 12.6 Å². The van der Waals surface area contributed by atoms with Gasteiger partial charge in [0.1, 0.15) is 10.3 Å². The molecule has 0 amide bonds. The minimum atomic E-state index is -4.44. The van der Waals surface area contributed by atoms with E-state index in [9.17, 15) is 13.2 Å². The molecule has 0 aliphatic carbocycles. The van der Waals surface area contributed by atoms with E-state index in [1.54, 1.807) is 6.92 Å². The molecule has 14 heavy (non-hydrogen) atoms. The second-order valence-corrected chi connectivity index (χ2v) is 3.36. The van der Waals surface area contributed by atoms with Crippen molar-refractivity contribution in [3.63, 3.8) is 0 Å². The van der Waals surface area contributed by atoms with Gasteiger partial charge in [-0.25, -0.2) is 4.98 Å². The lowest BCUT2D eigenvalue weighted by molar-refractivity contribution is -0.138. The number of rotatable bonds is 1. The number of pyridine rings is 1. The summed E-state index contributed by atoms with van der Waals surface area (Å²) in [5.74, 6) is 0. The van der Waals surface area contributed by atoms with Gasteiger partial charge in [-0.05, 0) is 12.5 Å². The Morgan fingerprint density at radius 2 is 1.93 bits per heavy atom. The number of halogens is 5. The Kier molecular flexibility index (Phi) is 3.27. The quantitative estimate of drug-likeness (QED) is 0.681. The van der Waals surface area contributed by atoms with Crippen LogP contribution in [0.25, 0.3) is 0 Å². The molecule has 0 N–H and O–H groups in total. The van der Waals surface area contributed by atoms with Crippen LogP contribution in [0.15, 0.2) is 6.07 Å². The maximum absolute atomic E-state index is 12.5. The van der Waals surface area contributed by atoms with Crippen molar-refractivity contribution in [2.75, 3.05) is 0 Å². The van der Waals surface area contributed by atoms with Gasteiger partial charge in [-0.3, -0.25) is 0 Å². The molecule has 0 unspecified atom stereocenters. The molecule has 0 spiro atoms. The van der Waals surface area contributed by atoms with Crippen molar-refractivity contribution < 1.29 is 13.2 Å². The molecule has 0 atom stereocenters. The Morgan fingerprint density at radius 1 is 1.36 bits per heavy atom. The van der Waals surface area contributed by atoms with Crippen LogP contribution >= 0.6 is 23.2 Å². The van der Waals surface area contributed by atoms with E-state index in [0.29, 0.717) is 0 Å². The molecule has 1 nitrogen and oxygen atoms in total. The Balaban J connectivity index is 3.40. The molecule has 0 aliphatic heterocycles. The van der Waals surface area contributed by atoms with Crippen molar-refractivity contribution in [1.29, 1.82) is 0 Å². The van der Waals surface area contributed by atoms with Crippen molar-refractivity contribution >= 4 is 23.2 Å². The average molecular weight is 244 g/mol. The summed E-state index contributed by atoms with van der Waals surface area (Å²) < 4.78 is 37.4. The topological polar surface area (TPSA) is 12.9 Å². The van der Waals surface area contributed by atoms with E-state index in [-0.39, 0.29) is 22.3 Å². The van der Waals surface area contributed by atoms with Crippen LogP contribution in [0.5, 0.6) is 0 Å². The summed E-state index contributed by atoms with van der Waals surface area (Å²) in [6.45, 7) is 1.58. The molecule has 0 aromatic carbocycles. The van der Waals surface area contributed by atoms with Gasteiger partial charge >= 0.3 is 6.18 Å². The first-order valence-corrected chi connectivity index (χ1v) is 4.54. The van der Waals surface area contributed by atoms with Crippen LogP contribution < -0.4 is 0 Å². The maximum Gasteiger partial charge on any atom is 0.416 e. The first-order chi connectivity index (χ1) is 6.36. The highest BCUT2D eigenvalue weighted by molar-refractivity contribution is 6.33.